The first kappa shape index (κ1) is 18.8. The maximum Gasteiger partial charge on any atom is 0.204 e. The van der Waals surface area contributed by atoms with E-state index >= 15 is 0 Å². The van der Waals surface area contributed by atoms with Crippen LogP contribution in [0.2, 0.25) is 0 Å². The fourth-order valence-electron chi connectivity index (χ4n) is 2.25. The Morgan fingerprint density at radius 2 is 1.80 bits per heavy atom. The molecule has 0 saturated carbocycles. The maximum absolute atomic E-state index is 13.3. The molecular weight excluding hydrogens is 395 g/mol. The van der Waals surface area contributed by atoms with Gasteiger partial charge in [0, 0.05) is 6.07 Å². The van der Waals surface area contributed by atoms with Crippen molar-refractivity contribution in [2.75, 3.05) is 21.3 Å². The van der Waals surface area contributed by atoms with Gasteiger partial charge in [0.15, 0.2) is 17.3 Å². The van der Waals surface area contributed by atoms with Gasteiger partial charge in [-0.1, -0.05) is 12.1 Å². The van der Waals surface area contributed by atoms with E-state index in [1.165, 1.54) is 57.7 Å². The zero-order chi connectivity index (χ0) is 18.6. The van der Waals surface area contributed by atoms with E-state index in [4.69, 9.17) is 14.2 Å². The summed E-state index contributed by atoms with van der Waals surface area (Å²) < 4.78 is 29.1. The Morgan fingerprint density at radius 3 is 2.36 bits per heavy atom. The average Bonchev–Trinajstić information content (AvgIpc) is 2.61. The molecule has 0 saturated heterocycles. The van der Waals surface area contributed by atoms with Gasteiger partial charge >= 0.3 is 0 Å². The fourth-order valence-corrected chi connectivity index (χ4v) is 2.65. The Kier molecular flexibility index (Phi) is 6.03. The number of carbonyl (C=O) groups excluding carboxylic acids is 1. The maximum atomic E-state index is 13.3. The number of halogens is 2. The van der Waals surface area contributed by atoms with Gasteiger partial charge < -0.3 is 19.3 Å². The van der Waals surface area contributed by atoms with Gasteiger partial charge in [-0.25, -0.2) is 4.39 Å². The minimum absolute atomic E-state index is 0.0578. The minimum atomic E-state index is -0.504. The molecule has 0 atom stereocenters. The number of phenolic OH excluding ortho intramolecular Hbond substituents is 1. The summed E-state index contributed by atoms with van der Waals surface area (Å²) in [5, 5.41) is 10.2. The van der Waals surface area contributed by atoms with Crippen LogP contribution in [0.1, 0.15) is 15.9 Å². The number of rotatable bonds is 6. The van der Waals surface area contributed by atoms with Gasteiger partial charge in [-0.2, -0.15) is 0 Å². The van der Waals surface area contributed by atoms with Gasteiger partial charge in [-0.3, -0.25) is 4.79 Å². The van der Waals surface area contributed by atoms with E-state index in [2.05, 4.69) is 15.9 Å². The number of phenols is 1. The monoisotopic (exact) mass is 410 g/mol. The highest BCUT2D eigenvalue weighted by Crippen LogP contribution is 2.44. The quantitative estimate of drug-likeness (QED) is 0.570. The number of aromatic hydroxyl groups is 1. The molecule has 0 aliphatic heterocycles. The fraction of sp³-hybridized carbons (Fsp3) is 0.167. The van der Waals surface area contributed by atoms with Crippen LogP contribution in [-0.4, -0.2) is 32.2 Å². The molecule has 5 nitrogen and oxygen atoms in total. The van der Waals surface area contributed by atoms with E-state index in [0.29, 0.717) is 5.56 Å². The molecule has 0 aliphatic rings. The SMILES string of the molecule is COc1cc(O)c(C(=O)/C=C/c2ccc(F)c(Br)c2)c(OC)c1OC. The minimum Gasteiger partial charge on any atom is -0.507 e. The molecule has 0 heterocycles. The first-order valence-electron chi connectivity index (χ1n) is 7.12. The lowest BCUT2D eigenvalue weighted by atomic mass is 10.1. The average molecular weight is 411 g/mol. The number of carbonyl (C=O) groups is 1. The molecular formula is C18H16BrFO5. The number of ether oxygens (including phenoxy) is 3. The summed E-state index contributed by atoms with van der Waals surface area (Å²) in [4.78, 5) is 12.5. The van der Waals surface area contributed by atoms with Crippen molar-refractivity contribution in [3.8, 4) is 23.0 Å². The first-order valence-corrected chi connectivity index (χ1v) is 7.91. The third-order valence-electron chi connectivity index (χ3n) is 3.43. The third-order valence-corrected chi connectivity index (χ3v) is 4.03. The number of allylic oxidation sites excluding steroid dienone is 1. The molecule has 1 N–H and O–H groups in total. The van der Waals surface area contributed by atoms with Gasteiger partial charge in [-0.15, -0.1) is 0 Å². The van der Waals surface area contributed by atoms with Crippen LogP contribution in [0.15, 0.2) is 34.8 Å². The summed E-state index contributed by atoms with van der Waals surface area (Å²) in [5.41, 5.74) is 0.554. The zero-order valence-electron chi connectivity index (χ0n) is 13.8. The molecule has 0 radical (unpaired) electrons. The Bertz CT molecular complexity index is 833. The van der Waals surface area contributed by atoms with Crippen LogP contribution in [0.5, 0.6) is 23.0 Å². The zero-order valence-corrected chi connectivity index (χ0v) is 15.4. The van der Waals surface area contributed by atoms with E-state index in [0.717, 1.165) is 0 Å². The van der Waals surface area contributed by atoms with Gasteiger partial charge in [0.2, 0.25) is 5.75 Å². The second-order valence-electron chi connectivity index (χ2n) is 4.91. The molecule has 2 aromatic rings. The topological polar surface area (TPSA) is 65.0 Å². The van der Waals surface area contributed by atoms with Crippen molar-refractivity contribution in [2.45, 2.75) is 0 Å². The number of methoxy groups -OCH3 is 3. The van der Waals surface area contributed by atoms with E-state index in [9.17, 15) is 14.3 Å². The predicted molar refractivity (Wildman–Crippen MR) is 95.2 cm³/mol. The van der Waals surface area contributed by atoms with E-state index in [-0.39, 0.29) is 33.0 Å². The summed E-state index contributed by atoms with van der Waals surface area (Å²) in [6.07, 6.45) is 2.76. The molecule has 132 valence electrons. The van der Waals surface area contributed by atoms with Crippen molar-refractivity contribution in [3.05, 3.63) is 51.8 Å². The summed E-state index contributed by atoms with van der Waals surface area (Å²) in [7, 11) is 4.16. The van der Waals surface area contributed by atoms with E-state index < -0.39 is 11.6 Å². The number of benzene rings is 2. The first-order chi connectivity index (χ1) is 11.9. The molecule has 2 aromatic carbocycles. The van der Waals surface area contributed by atoms with Crippen LogP contribution < -0.4 is 14.2 Å². The van der Waals surface area contributed by atoms with Crippen LogP contribution in [0, 0.1) is 5.82 Å². The largest absolute Gasteiger partial charge is 0.507 e. The van der Waals surface area contributed by atoms with Crippen molar-refractivity contribution in [2.24, 2.45) is 0 Å². The normalized spacial score (nSPS) is 10.8. The standard InChI is InChI=1S/C18H16BrFO5/c1-23-15-9-14(22)16(18(25-3)17(15)24-2)13(21)7-5-10-4-6-12(20)11(19)8-10/h4-9,22H,1-3H3/b7-5+. The van der Waals surface area contributed by atoms with E-state index in [1.54, 1.807) is 0 Å². The lowest BCUT2D eigenvalue weighted by Crippen LogP contribution is -2.03. The van der Waals surface area contributed by atoms with Gasteiger partial charge in [-0.05, 0) is 39.7 Å². The molecule has 0 aliphatic carbocycles. The Hall–Kier alpha value is -2.54. The lowest BCUT2D eigenvalue weighted by Gasteiger charge is -2.15. The second-order valence-corrected chi connectivity index (χ2v) is 5.76. The smallest absolute Gasteiger partial charge is 0.204 e. The molecule has 0 fully saturated rings. The summed E-state index contributed by atoms with van der Waals surface area (Å²) in [5.74, 6) is -0.707. The number of ketones is 1. The van der Waals surface area contributed by atoms with Crippen molar-refractivity contribution >= 4 is 27.8 Å². The second kappa shape index (κ2) is 8.02. The predicted octanol–water partition coefficient (Wildman–Crippen LogP) is 4.22. The molecule has 0 aromatic heterocycles. The van der Waals surface area contributed by atoms with Crippen LogP contribution in [0.4, 0.5) is 4.39 Å². The third kappa shape index (κ3) is 3.93. The molecule has 0 bridgehead atoms. The Balaban J connectivity index is 2.44. The van der Waals surface area contributed by atoms with Crippen LogP contribution in [0.25, 0.3) is 6.08 Å². The van der Waals surface area contributed by atoms with E-state index in [1.807, 2.05) is 0 Å². The van der Waals surface area contributed by atoms with Gasteiger partial charge in [0.25, 0.3) is 0 Å². The molecule has 0 amide bonds. The van der Waals surface area contributed by atoms with Crippen molar-refractivity contribution in [1.82, 2.24) is 0 Å². The highest BCUT2D eigenvalue weighted by molar-refractivity contribution is 9.10. The summed E-state index contributed by atoms with van der Waals surface area (Å²) in [6, 6.07) is 5.61. The Morgan fingerprint density at radius 1 is 1.12 bits per heavy atom. The molecule has 0 unspecified atom stereocenters. The Labute approximate surface area is 152 Å². The molecule has 0 spiro atoms. The number of hydrogen-bond donors (Lipinski definition) is 1. The molecule has 7 heteroatoms. The van der Waals surface area contributed by atoms with Crippen LogP contribution >= 0.6 is 15.9 Å². The van der Waals surface area contributed by atoms with Crippen LogP contribution in [-0.2, 0) is 0 Å². The van der Waals surface area contributed by atoms with Crippen molar-refractivity contribution in [1.29, 1.82) is 0 Å². The van der Waals surface area contributed by atoms with Crippen LogP contribution in [0.3, 0.4) is 0 Å². The van der Waals surface area contributed by atoms with Gasteiger partial charge in [0.1, 0.15) is 17.1 Å². The molecule has 2 rings (SSSR count). The highest BCUT2D eigenvalue weighted by atomic mass is 79.9. The highest BCUT2D eigenvalue weighted by Gasteiger charge is 2.24. The number of hydrogen-bond acceptors (Lipinski definition) is 5. The van der Waals surface area contributed by atoms with Gasteiger partial charge in [0.05, 0.1) is 25.8 Å². The van der Waals surface area contributed by atoms with Crippen molar-refractivity contribution < 1.29 is 28.5 Å². The van der Waals surface area contributed by atoms with Crippen molar-refractivity contribution in [3.63, 3.8) is 0 Å². The molecule has 25 heavy (non-hydrogen) atoms. The lowest BCUT2D eigenvalue weighted by molar-refractivity contribution is 0.104. The summed E-state index contributed by atoms with van der Waals surface area (Å²) >= 11 is 3.08. The summed E-state index contributed by atoms with van der Waals surface area (Å²) in [6.45, 7) is 0.